The van der Waals surface area contributed by atoms with Crippen LogP contribution < -0.4 is 5.32 Å². The van der Waals surface area contributed by atoms with Gasteiger partial charge in [0.05, 0.1) is 5.41 Å². The molecule has 2 aromatic rings. The van der Waals surface area contributed by atoms with Crippen molar-refractivity contribution in [3.63, 3.8) is 0 Å². The molecule has 32 heavy (non-hydrogen) atoms. The predicted molar refractivity (Wildman–Crippen MR) is 127 cm³/mol. The molecule has 0 bridgehead atoms. The molecule has 0 unspecified atom stereocenters. The lowest BCUT2D eigenvalue weighted by Gasteiger charge is -2.31. The van der Waals surface area contributed by atoms with Gasteiger partial charge in [0.15, 0.2) is 0 Å². The van der Waals surface area contributed by atoms with Crippen molar-refractivity contribution in [2.45, 2.75) is 52.0 Å². The minimum Gasteiger partial charge on any atom is -0.353 e. The third kappa shape index (κ3) is 4.93. The highest BCUT2D eigenvalue weighted by molar-refractivity contribution is 5.86. The number of aromatic nitrogens is 1. The van der Waals surface area contributed by atoms with Crippen LogP contribution in [0, 0.1) is 11.3 Å². The highest BCUT2D eigenvalue weighted by Crippen LogP contribution is 2.37. The predicted octanol–water partition coefficient (Wildman–Crippen LogP) is 4.39. The summed E-state index contributed by atoms with van der Waals surface area (Å²) in [5.41, 5.74) is 2.75. The maximum absolute atomic E-state index is 13.4. The van der Waals surface area contributed by atoms with Crippen LogP contribution in [0.25, 0.3) is 11.1 Å². The van der Waals surface area contributed by atoms with Gasteiger partial charge in [0.1, 0.15) is 0 Å². The van der Waals surface area contributed by atoms with Gasteiger partial charge in [0, 0.05) is 37.4 Å². The molecule has 2 aliphatic rings. The van der Waals surface area contributed by atoms with Crippen LogP contribution >= 0.6 is 0 Å². The second-order valence-corrected chi connectivity index (χ2v) is 9.51. The van der Waals surface area contributed by atoms with Gasteiger partial charge in [-0.3, -0.25) is 14.6 Å². The molecule has 1 aliphatic heterocycles. The molecule has 1 fully saturated rings. The van der Waals surface area contributed by atoms with E-state index in [0.717, 1.165) is 36.0 Å². The van der Waals surface area contributed by atoms with Gasteiger partial charge < -0.3 is 10.2 Å². The van der Waals surface area contributed by atoms with E-state index in [1.165, 1.54) is 0 Å². The Morgan fingerprint density at radius 2 is 1.97 bits per heavy atom. The van der Waals surface area contributed by atoms with Crippen LogP contribution in [0.5, 0.6) is 0 Å². The fourth-order valence-electron chi connectivity index (χ4n) is 4.96. The fraction of sp³-hybridized carbons (Fsp3) is 0.444. The zero-order valence-corrected chi connectivity index (χ0v) is 19.1. The lowest BCUT2D eigenvalue weighted by Crippen LogP contribution is -2.47. The first-order valence-corrected chi connectivity index (χ1v) is 11.7. The SMILES string of the molecule is CC(C)NC(=O)[C@@]1(Cc2cccc(-c3ccncc3)c2)CCN(C(=O)[C@H]2CC=CCC2)C1. The van der Waals surface area contributed by atoms with Crippen molar-refractivity contribution >= 4 is 11.8 Å². The molecule has 168 valence electrons. The van der Waals surface area contributed by atoms with Crippen LogP contribution in [0.4, 0.5) is 0 Å². The van der Waals surface area contributed by atoms with Crippen molar-refractivity contribution in [1.82, 2.24) is 15.2 Å². The number of amides is 2. The molecule has 0 radical (unpaired) electrons. The maximum atomic E-state index is 13.4. The lowest BCUT2D eigenvalue weighted by molar-refractivity contribution is -0.136. The summed E-state index contributed by atoms with van der Waals surface area (Å²) in [6.45, 7) is 5.11. The topological polar surface area (TPSA) is 62.3 Å². The second kappa shape index (κ2) is 9.68. The molecule has 5 nitrogen and oxygen atoms in total. The molecule has 1 aliphatic carbocycles. The molecule has 2 atom stereocenters. The van der Waals surface area contributed by atoms with Gasteiger partial charge >= 0.3 is 0 Å². The number of carbonyl (C=O) groups excluding carboxylic acids is 2. The summed E-state index contributed by atoms with van der Waals surface area (Å²) in [6.07, 6.45) is 11.9. The summed E-state index contributed by atoms with van der Waals surface area (Å²) >= 11 is 0. The molecule has 5 heteroatoms. The number of carbonyl (C=O) groups is 2. The van der Waals surface area contributed by atoms with E-state index in [2.05, 4.69) is 40.7 Å². The molecular formula is C27H33N3O2. The van der Waals surface area contributed by atoms with E-state index in [4.69, 9.17) is 0 Å². The largest absolute Gasteiger partial charge is 0.353 e. The minimum atomic E-state index is -0.596. The van der Waals surface area contributed by atoms with E-state index in [9.17, 15) is 9.59 Å². The van der Waals surface area contributed by atoms with E-state index in [1.807, 2.05) is 36.9 Å². The second-order valence-electron chi connectivity index (χ2n) is 9.51. The smallest absolute Gasteiger partial charge is 0.228 e. The van der Waals surface area contributed by atoms with Gasteiger partial charge in [0.2, 0.25) is 11.8 Å². The first-order chi connectivity index (χ1) is 15.5. The van der Waals surface area contributed by atoms with Crippen LogP contribution in [0.3, 0.4) is 0 Å². The first-order valence-electron chi connectivity index (χ1n) is 11.7. The number of nitrogens with one attached hydrogen (secondary N) is 1. The van der Waals surface area contributed by atoms with Crippen LogP contribution in [-0.2, 0) is 16.0 Å². The van der Waals surface area contributed by atoms with Gasteiger partial charge in [0.25, 0.3) is 0 Å². The molecule has 2 amide bonds. The Morgan fingerprint density at radius 3 is 2.69 bits per heavy atom. The summed E-state index contributed by atoms with van der Waals surface area (Å²) in [5.74, 6) is 0.318. The van der Waals surface area contributed by atoms with Crippen molar-refractivity contribution < 1.29 is 9.59 Å². The standard InChI is InChI=1S/C27H33N3O2/c1-20(2)29-26(32)27(13-16-30(19-27)25(31)23-8-4-3-5-9-23)18-21-7-6-10-24(17-21)22-11-14-28-15-12-22/h3-4,6-7,10-12,14-15,17,20,23H,5,8-9,13,16,18-19H2,1-2H3,(H,29,32)/t23-,27+/m0/s1. The first kappa shape index (κ1) is 22.3. The highest BCUT2D eigenvalue weighted by atomic mass is 16.2. The molecular weight excluding hydrogens is 398 g/mol. The molecule has 0 spiro atoms. The fourth-order valence-corrected chi connectivity index (χ4v) is 4.96. The van der Waals surface area contributed by atoms with E-state index >= 15 is 0 Å². The minimum absolute atomic E-state index is 0.0546. The van der Waals surface area contributed by atoms with Crippen LogP contribution in [0.1, 0.15) is 45.1 Å². The number of pyridine rings is 1. The van der Waals surface area contributed by atoms with Gasteiger partial charge in [-0.25, -0.2) is 0 Å². The van der Waals surface area contributed by atoms with Crippen LogP contribution in [-0.4, -0.2) is 40.8 Å². The Hall–Kier alpha value is -2.95. The molecule has 1 aromatic heterocycles. The number of hydrogen-bond acceptors (Lipinski definition) is 3. The van der Waals surface area contributed by atoms with Crippen molar-refractivity contribution in [2.24, 2.45) is 11.3 Å². The summed E-state index contributed by atoms with van der Waals surface area (Å²) in [4.78, 5) is 32.6. The number of rotatable bonds is 6. The summed E-state index contributed by atoms with van der Waals surface area (Å²) < 4.78 is 0. The summed E-state index contributed by atoms with van der Waals surface area (Å²) in [5, 5.41) is 3.13. The Morgan fingerprint density at radius 1 is 1.16 bits per heavy atom. The van der Waals surface area contributed by atoms with Gasteiger partial charge in [-0.05, 0) is 74.8 Å². The maximum Gasteiger partial charge on any atom is 0.228 e. The summed E-state index contributed by atoms with van der Waals surface area (Å²) in [7, 11) is 0. The monoisotopic (exact) mass is 431 g/mol. The van der Waals surface area contributed by atoms with E-state index in [0.29, 0.717) is 25.9 Å². The Balaban J connectivity index is 1.57. The van der Waals surface area contributed by atoms with Crippen molar-refractivity contribution in [3.8, 4) is 11.1 Å². The Labute approximate surface area is 190 Å². The van der Waals surface area contributed by atoms with E-state index < -0.39 is 5.41 Å². The van der Waals surface area contributed by atoms with E-state index in [-0.39, 0.29) is 23.8 Å². The molecule has 4 rings (SSSR count). The number of hydrogen-bond donors (Lipinski definition) is 1. The summed E-state index contributed by atoms with van der Waals surface area (Å²) in [6, 6.07) is 12.4. The zero-order chi connectivity index (χ0) is 22.6. The number of benzene rings is 1. The van der Waals surface area contributed by atoms with Crippen molar-refractivity contribution in [1.29, 1.82) is 0 Å². The molecule has 0 saturated carbocycles. The van der Waals surface area contributed by atoms with Gasteiger partial charge in [-0.1, -0.05) is 36.4 Å². The third-order valence-corrected chi connectivity index (χ3v) is 6.67. The third-order valence-electron chi connectivity index (χ3n) is 6.67. The number of nitrogens with zero attached hydrogens (tertiary/aromatic N) is 2. The number of allylic oxidation sites excluding steroid dienone is 2. The quantitative estimate of drug-likeness (QED) is 0.690. The van der Waals surface area contributed by atoms with Gasteiger partial charge in [-0.2, -0.15) is 0 Å². The van der Waals surface area contributed by atoms with Crippen molar-refractivity contribution in [2.75, 3.05) is 13.1 Å². The Bertz CT molecular complexity index is 985. The average molecular weight is 432 g/mol. The highest BCUT2D eigenvalue weighted by Gasteiger charge is 2.46. The van der Waals surface area contributed by atoms with Crippen LogP contribution in [0.15, 0.2) is 60.9 Å². The molecule has 2 heterocycles. The van der Waals surface area contributed by atoms with E-state index in [1.54, 1.807) is 12.4 Å². The normalized spacial score (nSPS) is 22.8. The van der Waals surface area contributed by atoms with Gasteiger partial charge in [-0.15, -0.1) is 0 Å². The Kier molecular flexibility index (Phi) is 6.73. The van der Waals surface area contributed by atoms with Crippen molar-refractivity contribution in [3.05, 3.63) is 66.5 Å². The average Bonchev–Trinajstić information content (AvgIpc) is 3.25. The molecule has 1 aromatic carbocycles. The van der Waals surface area contributed by atoms with Crippen LogP contribution in [0.2, 0.25) is 0 Å². The zero-order valence-electron chi connectivity index (χ0n) is 19.1. The number of likely N-dealkylation sites (tertiary alicyclic amines) is 1. The lowest BCUT2D eigenvalue weighted by atomic mass is 9.79. The molecule has 1 saturated heterocycles. The molecule has 1 N–H and O–H groups in total.